The van der Waals surface area contributed by atoms with Crippen molar-refractivity contribution in [2.75, 3.05) is 19.7 Å². The molecule has 1 aromatic heterocycles. The normalized spacial score (nSPS) is 16.4. The van der Waals surface area contributed by atoms with E-state index in [0.29, 0.717) is 13.1 Å². The lowest BCUT2D eigenvalue weighted by Crippen LogP contribution is -2.41. The van der Waals surface area contributed by atoms with Crippen LogP contribution < -0.4 is 0 Å². The molecule has 1 N–H and O–H groups in total. The maximum Gasteiger partial charge on any atom is 0.305 e. The molecule has 20 heavy (non-hydrogen) atoms. The van der Waals surface area contributed by atoms with E-state index in [2.05, 4.69) is 0 Å². The Balaban J connectivity index is 1.78. The smallest absolute Gasteiger partial charge is 0.305 e. The number of carboxylic acid groups (broad SMARTS) is 1. The van der Waals surface area contributed by atoms with Crippen LogP contribution >= 0.6 is 11.3 Å². The van der Waals surface area contributed by atoms with E-state index in [1.807, 2.05) is 22.6 Å². The van der Waals surface area contributed by atoms with Crippen LogP contribution in [0.15, 0.2) is 10.8 Å². The van der Waals surface area contributed by atoms with E-state index in [0.717, 1.165) is 24.0 Å². The Labute approximate surface area is 122 Å². The molecular weight excluding hydrogens is 278 g/mol. The minimum atomic E-state index is -0.842. The maximum atomic E-state index is 12.3. The molecule has 5 nitrogen and oxygen atoms in total. The number of piperidine rings is 1. The fraction of sp³-hybridized carbons (Fsp3) is 0.571. The van der Waals surface area contributed by atoms with E-state index >= 15 is 0 Å². The molecule has 2 rings (SSSR count). The van der Waals surface area contributed by atoms with Crippen LogP contribution in [0.3, 0.4) is 0 Å². The van der Waals surface area contributed by atoms with Gasteiger partial charge in [0.2, 0.25) is 0 Å². The standard InChI is InChI=1S/C14H19NO4S/c1-10-8-20-9-12(10)14(18)15-5-2-11(3-6-15)19-7-4-13(16)17/h8-9,11H,2-7H2,1H3,(H,16,17). The van der Waals surface area contributed by atoms with E-state index in [9.17, 15) is 9.59 Å². The van der Waals surface area contributed by atoms with Crippen molar-refractivity contribution in [3.05, 3.63) is 21.9 Å². The number of aryl methyl sites for hydroxylation is 1. The number of rotatable bonds is 5. The summed E-state index contributed by atoms with van der Waals surface area (Å²) < 4.78 is 5.52. The molecule has 6 heteroatoms. The number of carboxylic acids is 1. The Hall–Kier alpha value is -1.40. The van der Waals surface area contributed by atoms with Gasteiger partial charge in [0.15, 0.2) is 0 Å². The molecule has 0 saturated carbocycles. The van der Waals surface area contributed by atoms with Crippen molar-refractivity contribution >= 4 is 23.2 Å². The molecule has 1 amide bonds. The molecule has 1 fully saturated rings. The number of likely N-dealkylation sites (tertiary alicyclic amines) is 1. The Bertz CT molecular complexity index is 477. The Morgan fingerprint density at radius 3 is 2.65 bits per heavy atom. The number of hydrogen-bond acceptors (Lipinski definition) is 4. The van der Waals surface area contributed by atoms with Crippen molar-refractivity contribution in [3.8, 4) is 0 Å². The quantitative estimate of drug-likeness (QED) is 0.904. The fourth-order valence-corrected chi connectivity index (χ4v) is 3.11. The van der Waals surface area contributed by atoms with Gasteiger partial charge in [0.05, 0.1) is 24.7 Å². The highest BCUT2D eigenvalue weighted by atomic mass is 32.1. The number of hydrogen-bond donors (Lipinski definition) is 1. The van der Waals surface area contributed by atoms with Crippen LogP contribution in [0.2, 0.25) is 0 Å². The summed E-state index contributed by atoms with van der Waals surface area (Å²) in [6.07, 6.45) is 1.65. The zero-order valence-electron chi connectivity index (χ0n) is 11.5. The van der Waals surface area contributed by atoms with E-state index in [1.54, 1.807) is 11.3 Å². The Morgan fingerprint density at radius 1 is 1.40 bits per heavy atom. The van der Waals surface area contributed by atoms with Gasteiger partial charge < -0.3 is 14.7 Å². The average Bonchev–Trinajstić information content (AvgIpc) is 2.84. The molecule has 2 heterocycles. The zero-order valence-corrected chi connectivity index (χ0v) is 12.3. The van der Waals surface area contributed by atoms with E-state index in [4.69, 9.17) is 9.84 Å². The number of thiophene rings is 1. The summed E-state index contributed by atoms with van der Waals surface area (Å²) in [6.45, 7) is 3.54. The summed E-state index contributed by atoms with van der Waals surface area (Å²) >= 11 is 1.55. The predicted molar refractivity (Wildman–Crippen MR) is 76.2 cm³/mol. The molecule has 0 aliphatic carbocycles. The molecule has 1 aliphatic rings. The van der Waals surface area contributed by atoms with Gasteiger partial charge in [-0.25, -0.2) is 0 Å². The number of aliphatic carboxylic acids is 1. The SMILES string of the molecule is Cc1cscc1C(=O)N1CCC(OCCC(=O)O)CC1. The van der Waals surface area contributed by atoms with Crippen molar-refractivity contribution in [3.63, 3.8) is 0 Å². The van der Waals surface area contributed by atoms with Gasteiger partial charge in [-0.15, -0.1) is 0 Å². The summed E-state index contributed by atoms with van der Waals surface area (Å²) in [7, 11) is 0. The maximum absolute atomic E-state index is 12.3. The van der Waals surface area contributed by atoms with Gasteiger partial charge >= 0.3 is 5.97 Å². The highest BCUT2D eigenvalue weighted by Gasteiger charge is 2.25. The molecule has 0 atom stereocenters. The number of amides is 1. The van der Waals surface area contributed by atoms with Crippen molar-refractivity contribution in [1.29, 1.82) is 0 Å². The van der Waals surface area contributed by atoms with Crippen LogP contribution in [-0.2, 0) is 9.53 Å². The lowest BCUT2D eigenvalue weighted by atomic mass is 10.1. The van der Waals surface area contributed by atoms with Gasteiger partial charge in [-0.3, -0.25) is 9.59 Å². The van der Waals surface area contributed by atoms with Crippen LogP contribution in [0.1, 0.15) is 35.2 Å². The third-order valence-electron chi connectivity index (χ3n) is 3.48. The number of nitrogens with zero attached hydrogens (tertiary/aromatic N) is 1. The summed E-state index contributed by atoms with van der Waals surface area (Å²) in [6, 6.07) is 0. The molecule has 110 valence electrons. The molecule has 1 aliphatic heterocycles. The van der Waals surface area contributed by atoms with E-state index in [-0.39, 0.29) is 25.0 Å². The van der Waals surface area contributed by atoms with Gasteiger partial charge in [-0.1, -0.05) is 0 Å². The highest BCUT2D eigenvalue weighted by Crippen LogP contribution is 2.20. The summed E-state index contributed by atoms with van der Waals surface area (Å²) in [5.41, 5.74) is 1.82. The number of ether oxygens (including phenoxy) is 1. The fourth-order valence-electron chi connectivity index (χ4n) is 2.29. The van der Waals surface area contributed by atoms with Crippen LogP contribution in [-0.4, -0.2) is 47.7 Å². The van der Waals surface area contributed by atoms with Gasteiger partial charge in [-0.2, -0.15) is 11.3 Å². The number of carbonyl (C=O) groups excluding carboxylic acids is 1. The average molecular weight is 297 g/mol. The first-order valence-corrected chi connectivity index (χ1v) is 7.67. The van der Waals surface area contributed by atoms with Crippen LogP contribution in [0.25, 0.3) is 0 Å². The van der Waals surface area contributed by atoms with Gasteiger partial charge in [-0.05, 0) is 30.7 Å². The minimum absolute atomic E-state index is 0.0350. The van der Waals surface area contributed by atoms with Crippen molar-refractivity contribution in [1.82, 2.24) is 4.90 Å². The van der Waals surface area contributed by atoms with Gasteiger partial charge in [0.25, 0.3) is 5.91 Å². The molecule has 1 saturated heterocycles. The second kappa shape index (κ2) is 6.85. The van der Waals surface area contributed by atoms with Gasteiger partial charge in [0, 0.05) is 18.5 Å². The Kier molecular flexibility index (Phi) is 5.14. The number of carbonyl (C=O) groups is 2. The molecule has 1 aromatic rings. The first kappa shape index (κ1) is 15.0. The highest BCUT2D eigenvalue weighted by molar-refractivity contribution is 7.08. The topological polar surface area (TPSA) is 66.8 Å². The van der Waals surface area contributed by atoms with Crippen LogP contribution in [0.5, 0.6) is 0 Å². The third-order valence-corrected chi connectivity index (χ3v) is 4.35. The lowest BCUT2D eigenvalue weighted by molar-refractivity contribution is -0.138. The molecule has 0 spiro atoms. The summed E-state index contributed by atoms with van der Waals surface area (Å²) in [5, 5.41) is 12.4. The molecule has 0 unspecified atom stereocenters. The lowest BCUT2D eigenvalue weighted by Gasteiger charge is -2.32. The second-order valence-corrected chi connectivity index (χ2v) is 5.72. The Morgan fingerprint density at radius 2 is 2.10 bits per heavy atom. The summed E-state index contributed by atoms with van der Waals surface area (Å²) in [4.78, 5) is 24.6. The van der Waals surface area contributed by atoms with Crippen molar-refractivity contribution in [2.45, 2.75) is 32.3 Å². The molecule has 0 bridgehead atoms. The van der Waals surface area contributed by atoms with E-state index in [1.165, 1.54) is 0 Å². The summed E-state index contributed by atoms with van der Waals surface area (Å²) in [5.74, 6) is -0.752. The third kappa shape index (κ3) is 3.80. The van der Waals surface area contributed by atoms with Crippen LogP contribution in [0.4, 0.5) is 0 Å². The zero-order chi connectivity index (χ0) is 14.5. The van der Waals surface area contributed by atoms with Crippen LogP contribution in [0, 0.1) is 6.92 Å². The second-order valence-electron chi connectivity index (χ2n) is 4.97. The van der Waals surface area contributed by atoms with Gasteiger partial charge in [0.1, 0.15) is 0 Å². The largest absolute Gasteiger partial charge is 0.481 e. The van der Waals surface area contributed by atoms with Crippen molar-refractivity contribution in [2.24, 2.45) is 0 Å². The minimum Gasteiger partial charge on any atom is -0.481 e. The van der Waals surface area contributed by atoms with E-state index < -0.39 is 5.97 Å². The van der Waals surface area contributed by atoms with Crippen molar-refractivity contribution < 1.29 is 19.4 Å². The monoisotopic (exact) mass is 297 g/mol. The molecule has 0 radical (unpaired) electrons. The molecular formula is C14H19NO4S. The first-order valence-electron chi connectivity index (χ1n) is 6.73. The predicted octanol–water partition coefficient (Wildman–Crippen LogP) is 2.15. The first-order chi connectivity index (χ1) is 9.58. The molecule has 0 aromatic carbocycles.